The lowest BCUT2D eigenvalue weighted by Crippen LogP contribution is -2.53. The molecule has 4 aromatic rings. The van der Waals surface area contributed by atoms with Crippen LogP contribution in [0.4, 0.5) is 23.1 Å². The van der Waals surface area contributed by atoms with E-state index < -0.39 is 10.0 Å². The zero-order chi connectivity index (χ0) is 28.4. The molecule has 0 aliphatic carbocycles. The number of piperazine rings is 1. The van der Waals surface area contributed by atoms with E-state index in [4.69, 9.17) is 4.98 Å². The first kappa shape index (κ1) is 27.8. The Bertz CT molecular complexity index is 1570. The van der Waals surface area contributed by atoms with Crippen molar-refractivity contribution < 1.29 is 13.5 Å². The number of nitrogens with one attached hydrogen (secondary N) is 1. The zero-order valence-corrected chi connectivity index (χ0v) is 24.1. The van der Waals surface area contributed by atoms with Crippen LogP contribution in [0.1, 0.15) is 19.4 Å². The first-order valence-electron chi connectivity index (χ1n) is 13.3. The van der Waals surface area contributed by atoms with E-state index >= 15 is 0 Å². The molecule has 0 amide bonds. The molecule has 11 nitrogen and oxygen atoms in total. The molecule has 0 radical (unpaired) electrons. The van der Waals surface area contributed by atoms with Crippen molar-refractivity contribution in [3.05, 3.63) is 66.6 Å². The molecule has 1 fully saturated rings. The van der Waals surface area contributed by atoms with E-state index in [2.05, 4.69) is 44.1 Å². The average Bonchev–Trinajstić information content (AvgIpc) is 3.31. The van der Waals surface area contributed by atoms with Gasteiger partial charge in [0.25, 0.3) is 0 Å². The lowest BCUT2D eigenvalue weighted by atomic mass is 10.1. The highest BCUT2D eigenvalue weighted by Crippen LogP contribution is 2.25. The number of aliphatic hydroxyl groups is 1. The summed E-state index contributed by atoms with van der Waals surface area (Å²) in [4.78, 5) is 18.3. The van der Waals surface area contributed by atoms with E-state index in [-0.39, 0.29) is 6.10 Å². The van der Waals surface area contributed by atoms with E-state index in [0.717, 1.165) is 53.9 Å². The average molecular weight is 565 g/mol. The Hall–Kier alpha value is -3.74. The summed E-state index contributed by atoms with van der Waals surface area (Å²) in [6, 6.07) is 14.2. The number of aromatic nitrogens is 4. The van der Waals surface area contributed by atoms with Gasteiger partial charge in [-0.15, -0.1) is 0 Å². The third kappa shape index (κ3) is 6.19. The molecule has 5 rings (SSSR count). The van der Waals surface area contributed by atoms with Gasteiger partial charge < -0.3 is 19.9 Å². The largest absolute Gasteiger partial charge is 0.392 e. The molecule has 40 heavy (non-hydrogen) atoms. The van der Waals surface area contributed by atoms with Crippen LogP contribution in [0.5, 0.6) is 0 Å². The molecule has 0 spiro atoms. The maximum absolute atomic E-state index is 12.1. The van der Waals surface area contributed by atoms with Crippen molar-refractivity contribution >= 4 is 44.2 Å². The van der Waals surface area contributed by atoms with Gasteiger partial charge in [0.2, 0.25) is 16.0 Å². The number of fused-ring (bicyclic) bond motifs is 1. The van der Waals surface area contributed by atoms with E-state index in [9.17, 15) is 13.5 Å². The van der Waals surface area contributed by atoms with Crippen LogP contribution in [0.2, 0.25) is 0 Å². The number of sulfonamides is 1. The molecule has 3 aromatic heterocycles. The van der Waals surface area contributed by atoms with Gasteiger partial charge >= 0.3 is 0 Å². The highest BCUT2D eigenvalue weighted by molar-refractivity contribution is 7.92. The third-order valence-corrected chi connectivity index (χ3v) is 8.43. The van der Waals surface area contributed by atoms with Crippen LogP contribution in [-0.4, -0.2) is 89.6 Å². The Morgan fingerprint density at radius 1 is 1.15 bits per heavy atom. The standard InChI is InChI=1S/C28H36N8O3S/c1-20-17-35(15-14-34(20)18-21(2)37)25-9-7-24(8-10-25)31-28-30-16-22-11-13-36(27(22)32-28)19-23-6-5-12-29-26(23)33(3)40(4,38)39/h5-13,16,20-21,37H,14-15,17-19H2,1-4H3,(H,30,31,32)/t20-,21+/m1/s1. The molecule has 1 aliphatic rings. The molecule has 0 saturated carbocycles. The first-order chi connectivity index (χ1) is 19.1. The lowest BCUT2D eigenvalue weighted by Gasteiger charge is -2.41. The quantitative estimate of drug-likeness (QED) is 0.316. The van der Waals surface area contributed by atoms with Gasteiger partial charge in [-0.3, -0.25) is 9.21 Å². The van der Waals surface area contributed by atoms with Crippen LogP contribution in [-0.2, 0) is 16.6 Å². The number of β-amino-alcohol motifs (C(OH)–C–C–N with tert-alkyl or cyclic N) is 1. The van der Waals surface area contributed by atoms with E-state index in [1.165, 1.54) is 11.4 Å². The first-order valence-corrected chi connectivity index (χ1v) is 15.2. The number of anilines is 4. The van der Waals surface area contributed by atoms with Crippen LogP contribution in [0, 0.1) is 0 Å². The van der Waals surface area contributed by atoms with Gasteiger partial charge in [-0.2, -0.15) is 4.98 Å². The highest BCUT2D eigenvalue weighted by Gasteiger charge is 2.24. The minimum atomic E-state index is -3.45. The van der Waals surface area contributed by atoms with Gasteiger partial charge in [-0.1, -0.05) is 6.07 Å². The Morgan fingerprint density at radius 3 is 2.62 bits per heavy atom. The fraction of sp³-hybridized carbons (Fsp3) is 0.393. The molecule has 0 unspecified atom stereocenters. The number of aliphatic hydroxyl groups excluding tert-OH is 1. The van der Waals surface area contributed by atoms with Gasteiger partial charge in [-0.25, -0.2) is 18.4 Å². The molecule has 1 aromatic carbocycles. The molecule has 2 N–H and O–H groups in total. The van der Waals surface area contributed by atoms with Crippen molar-refractivity contribution in [2.24, 2.45) is 0 Å². The number of hydrogen-bond acceptors (Lipinski definition) is 9. The molecule has 212 valence electrons. The molecule has 1 aliphatic heterocycles. The van der Waals surface area contributed by atoms with Crippen LogP contribution < -0.4 is 14.5 Å². The maximum atomic E-state index is 12.1. The Morgan fingerprint density at radius 2 is 1.93 bits per heavy atom. The van der Waals surface area contributed by atoms with Gasteiger partial charge in [-0.05, 0) is 50.2 Å². The monoisotopic (exact) mass is 564 g/mol. The minimum absolute atomic E-state index is 0.321. The van der Waals surface area contributed by atoms with Crippen molar-refractivity contribution in [1.29, 1.82) is 0 Å². The van der Waals surface area contributed by atoms with Crippen LogP contribution >= 0.6 is 0 Å². The van der Waals surface area contributed by atoms with E-state index in [1.54, 1.807) is 18.5 Å². The van der Waals surface area contributed by atoms with Crippen molar-refractivity contribution in [2.75, 3.05) is 54.0 Å². The smallest absolute Gasteiger partial charge is 0.233 e. The van der Waals surface area contributed by atoms with Crippen molar-refractivity contribution in [3.8, 4) is 0 Å². The summed E-state index contributed by atoms with van der Waals surface area (Å²) in [5, 5.41) is 13.9. The van der Waals surface area contributed by atoms with Gasteiger partial charge in [0.05, 0.1) is 18.9 Å². The zero-order valence-electron chi connectivity index (χ0n) is 23.3. The minimum Gasteiger partial charge on any atom is -0.392 e. The second-order valence-corrected chi connectivity index (χ2v) is 12.5. The molecular weight excluding hydrogens is 528 g/mol. The Labute approximate surface area is 235 Å². The molecule has 2 atom stereocenters. The number of pyridine rings is 1. The number of benzene rings is 1. The summed E-state index contributed by atoms with van der Waals surface area (Å²) in [6.07, 6.45) is 6.11. The van der Waals surface area contributed by atoms with E-state index in [1.807, 2.05) is 42.0 Å². The fourth-order valence-electron chi connectivity index (χ4n) is 5.06. The summed E-state index contributed by atoms with van der Waals surface area (Å²) in [7, 11) is -1.95. The number of nitrogens with zero attached hydrogens (tertiary/aromatic N) is 7. The highest BCUT2D eigenvalue weighted by atomic mass is 32.2. The van der Waals surface area contributed by atoms with Crippen molar-refractivity contribution in [2.45, 2.75) is 32.5 Å². The number of rotatable bonds is 9. The Balaban J connectivity index is 1.30. The molecule has 1 saturated heterocycles. The normalized spacial score (nSPS) is 17.2. The third-order valence-electron chi connectivity index (χ3n) is 7.26. The molecule has 0 bridgehead atoms. The van der Waals surface area contributed by atoms with E-state index in [0.29, 0.717) is 30.9 Å². The molecule has 12 heteroatoms. The predicted octanol–water partition coefficient (Wildman–Crippen LogP) is 2.91. The fourth-order valence-corrected chi connectivity index (χ4v) is 5.54. The topological polar surface area (TPSA) is 120 Å². The predicted molar refractivity (Wildman–Crippen MR) is 159 cm³/mol. The molecule has 4 heterocycles. The summed E-state index contributed by atoms with van der Waals surface area (Å²) in [5.74, 6) is 0.860. The summed E-state index contributed by atoms with van der Waals surface area (Å²) < 4.78 is 27.4. The second kappa shape index (κ2) is 11.4. The van der Waals surface area contributed by atoms with Crippen LogP contribution in [0.3, 0.4) is 0 Å². The maximum Gasteiger partial charge on any atom is 0.233 e. The van der Waals surface area contributed by atoms with Crippen molar-refractivity contribution in [3.63, 3.8) is 0 Å². The van der Waals surface area contributed by atoms with Crippen molar-refractivity contribution in [1.82, 2.24) is 24.4 Å². The summed E-state index contributed by atoms with van der Waals surface area (Å²) in [6.45, 7) is 7.89. The molecular formula is C28H36N8O3S. The second-order valence-electron chi connectivity index (χ2n) is 10.4. The van der Waals surface area contributed by atoms with Gasteiger partial charge in [0, 0.05) is 80.2 Å². The SMILES string of the molecule is C[C@H](O)CN1CCN(c2ccc(Nc3ncc4ccn(Cc5cccnc5N(C)S(C)(=O)=O)c4n3)cc2)C[C@H]1C. The van der Waals surface area contributed by atoms with Crippen LogP contribution in [0.15, 0.2) is 61.1 Å². The van der Waals surface area contributed by atoms with Gasteiger partial charge in [0.15, 0.2) is 0 Å². The lowest BCUT2D eigenvalue weighted by molar-refractivity contribution is 0.0960. The summed E-state index contributed by atoms with van der Waals surface area (Å²) in [5.41, 5.74) is 3.53. The Kier molecular flexibility index (Phi) is 7.92. The summed E-state index contributed by atoms with van der Waals surface area (Å²) >= 11 is 0. The van der Waals surface area contributed by atoms with Crippen LogP contribution in [0.25, 0.3) is 11.0 Å². The van der Waals surface area contributed by atoms with Gasteiger partial charge in [0.1, 0.15) is 11.5 Å². The number of hydrogen-bond donors (Lipinski definition) is 2.